The lowest BCUT2D eigenvalue weighted by Gasteiger charge is -2.46. The van der Waals surface area contributed by atoms with E-state index in [0.29, 0.717) is 0 Å². The van der Waals surface area contributed by atoms with Crippen molar-refractivity contribution in [1.29, 1.82) is 0 Å². The number of hydrogen-bond acceptors (Lipinski definition) is 17. The molecule has 1 saturated carbocycles. The van der Waals surface area contributed by atoms with E-state index in [1.165, 1.54) is 32.2 Å². The SMILES string of the molecule is COC(=O)C1=CO[C@@H](O[C@@H]2O[C@H](COC(=O)c3cccc([N+](=O)[O-])c3)[C@@H](OC(C)=O)[C@H](OC(C)=O)[C@H]2OC(C)=O)[C@@H]2[C@@H](C)[C@@H](OC(C)=O)C[C@H]12. The number of non-ortho nitro benzene ring substituents is 1. The van der Waals surface area contributed by atoms with Crippen LogP contribution in [0.25, 0.3) is 0 Å². The Kier molecular flexibility index (Phi) is 12.1. The molecule has 1 aromatic rings. The van der Waals surface area contributed by atoms with Crippen molar-refractivity contribution in [3.8, 4) is 0 Å². The summed E-state index contributed by atoms with van der Waals surface area (Å²) in [7, 11) is 1.20. The highest BCUT2D eigenvalue weighted by atomic mass is 16.8. The van der Waals surface area contributed by atoms with E-state index in [1.807, 2.05) is 0 Å². The van der Waals surface area contributed by atoms with Gasteiger partial charge in [0, 0.05) is 57.6 Å². The van der Waals surface area contributed by atoms with E-state index < -0.39 is 108 Å². The first kappa shape index (κ1) is 37.7. The number of fused-ring (bicyclic) bond motifs is 1. The molecule has 10 atom stereocenters. The molecule has 0 bridgehead atoms. The van der Waals surface area contributed by atoms with Crippen LogP contribution in [0.5, 0.6) is 0 Å². The van der Waals surface area contributed by atoms with Gasteiger partial charge in [0.25, 0.3) is 5.69 Å². The lowest BCUT2D eigenvalue weighted by molar-refractivity contribution is -0.384. The van der Waals surface area contributed by atoms with Crippen molar-refractivity contribution < 1.29 is 76.3 Å². The molecule has 50 heavy (non-hydrogen) atoms. The molecule has 3 aliphatic rings. The fraction of sp³-hybridized carbons (Fsp3) is 0.562. The summed E-state index contributed by atoms with van der Waals surface area (Å²) in [6, 6.07) is 4.74. The van der Waals surface area contributed by atoms with Crippen molar-refractivity contribution in [3.05, 3.63) is 51.8 Å². The van der Waals surface area contributed by atoms with E-state index in [1.54, 1.807) is 6.92 Å². The Morgan fingerprint density at radius 3 is 2.08 bits per heavy atom. The number of esters is 6. The maximum atomic E-state index is 12.9. The molecule has 2 aliphatic heterocycles. The monoisotopic (exact) mass is 707 g/mol. The summed E-state index contributed by atoms with van der Waals surface area (Å²) in [5, 5.41) is 11.2. The maximum absolute atomic E-state index is 12.9. The van der Waals surface area contributed by atoms with Gasteiger partial charge >= 0.3 is 35.8 Å². The smallest absolute Gasteiger partial charge is 0.338 e. The van der Waals surface area contributed by atoms with Crippen molar-refractivity contribution in [2.24, 2.45) is 17.8 Å². The van der Waals surface area contributed by atoms with Gasteiger partial charge in [0.1, 0.15) is 18.8 Å². The summed E-state index contributed by atoms with van der Waals surface area (Å²) >= 11 is 0. The van der Waals surface area contributed by atoms with Crippen molar-refractivity contribution in [2.75, 3.05) is 13.7 Å². The van der Waals surface area contributed by atoms with Crippen LogP contribution in [0.15, 0.2) is 36.1 Å². The van der Waals surface area contributed by atoms with Crippen molar-refractivity contribution in [2.45, 2.75) is 84.1 Å². The summed E-state index contributed by atoms with van der Waals surface area (Å²) in [5.41, 5.74) is -0.377. The van der Waals surface area contributed by atoms with Gasteiger partial charge in [-0.15, -0.1) is 0 Å². The van der Waals surface area contributed by atoms with Gasteiger partial charge < -0.3 is 42.6 Å². The number of rotatable bonds is 11. The highest BCUT2D eigenvalue weighted by molar-refractivity contribution is 5.90. The normalized spacial score (nSPS) is 29.9. The summed E-state index contributed by atoms with van der Waals surface area (Å²) in [4.78, 5) is 84.9. The van der Waals surface area contributed by atoms with Crippen LogP contribution in [0.2, 0.25) is 0 Å². The standard InChI is InChI=1S/C32H37NO17/c1-14-23(45-15(2)34)11-21-22(30(39)42-6)12-44-31(25(14)21)50-32-28(48-18(5)37)27(47-17(4)36)26(46-16(3)35)24(49-32)13-43-29(38)19-8-7-9-20(10-19)33(40)41/h7-10,12,14,21,23-28,31-32H,11,13H2,1-6H3/t14-,21+,23-,24+,25+,26+,27-,28+,31-,32-/m0/s1. The Morgan fingerprint density at radius 2 is 1.48 bits per heavy atom. The second-order valence-corrected chi connectivity index (χ2v) is 11.8. The molecule has 1 aliphatic carbocycles. The van der Waals surface area contributed by atoms with E-state index in [-0.39, 0.29) is 23.2 Å². The first-order valence-electron chi connectivity index (χ1n) is 15.5. The van der Waals surface area contributed by atoms with Crippen LogP contribution < -0.4 is 0 Å². The molecule has 4 rings (SSSR count). The number of carbonyl (C=O) groups is 6. The lowest BCUT2D eigenvalue weighted by atomic mass is 9.83. The fourth-order valence-corrected chi connectivity index (χ4v) is 6.35. The number of hydrogen-bond donors (Lipinski definition) is 0. The topological polar surface area (TPSA) is 229 Å². The largest absolute Gasteiger partial charge is 0.472 e. The summed E-state index contributed by atoms with van der Waals surface area (Å²) in [5.74, 6) is -6.51. The molecule has 2 heterocycles. The average Bonchev–Trinajstić information content (AvgIpc) is 3.36. The minimum atomic E-state index is -1.64. The molecule has 0 spiro atoms. The van der Waals surface area contributed by atoms with Crippen LogP contribution in [0.4, 0.5) is 5.69 Å². The number of nitro groups is 1. The minimum Gasteiger partial charge on any atom is -0.472 e. The molecule has 1 aromatic carbocycles. The van der Waals surface area contributed by atoms with E-state index in [4.69, 9.17) is 42.6 Å². The molecule has 0 unspecified atom stereocenters. The maximum Gasteiger partial charge on any atom is 0.338 e. The third-order valence-corrected chi connectivity index (χ3v) is 8.36. The summed E-state index contributed by atoms with van der Waals surface area (Å²) in [6.07, 6.45) is -8.29. The second kappa shape index (κ2) is 16.1. The molecule has 0 aromatic heterocycles. The number of benzene rings is 1. The zero-order valence-corrected chi connectivity index (χ0v) is 28.0. The first-order chi connectivity index (χ1) is 23.6. The van der Waals surface area contributed by atoms with Gasteiger partial charge in [0.05, 0.1) is 29.4 Å². The third kappa shape index (κ3) is 8.73. The fourth-order valence-electron chi connectivity index (χ4n) is 6.35. The Bertz CT molecular complexity index is 1540. The zero-order valence-electron chi connectivity index (χ0n) is 28.0. The van der Waals surface area contributed by atoms with Gasteiger partial charge in [0.2, 0.25) is 12.6 Å². The number of ether oxygens (including phenoxy) is 9. The molecule has 0 N–H and O–H groups in total. The van der Waals surface area contributed by atoms with Crippen LogP contribution in [0, 0.1) is 27.9 Å². The van der Waals surface area contributed by atoms with Crippen LogP contribution >= 0.6 is 0 Å². The molecule has 0 amide bonds. The Hall–Kier alpha value is -5.10. The molecule has 0 radical (unpaired) electrons. The molecular weight excluding hydrogens is 670 g/mol. The molecular formula is C32H37NO17. The number of carbonyl (C=O) groups excluding carboxylic acids is 6. The van der Waals surface area contributed by atoms with Crippen LogP contribution in [-0.2, 0) is 66.6 Å². The summed E-state index contributed by atoms with van der Waals surface area (Å²) < 4.78 is 50.5. The second-order valence-electron chi connectivity index (χ2n) is 11.8. The molecule has 272 valence electrons. The minimum absolute atomic E-state index is 0.165. The van der Waals surface area contributed by atoms with Gasteiger partial charge in [-0.3, -0.25) is 29.3 Å². The van der Waals surface area contributed by atoms with E-state index in [2.05, 4.69) is 0 Å². The Morgan fingerprint density at radius 1 is 0.860 bits per heavy atom. The highest BCUT2D eigenvalue weighted by Gasteiger charge is 2.57. The van der Waals surface area contributed by atoms with Crippen molar-refractivity contribution in [1.82, 2.24) is 0 Å². The molecule has 2 fully saturated rings. The molecule has 18 nitrogen and oxygen atoms in total. The van der Waals surface area contributed by atoms with Crippen molar-refractivity contribution in [3.63, 3.8) is 0 Å². The Balaban J connectivity index is 1.69. The lowest BCUT2D eigenvalue weighted by Crippen LogP contribution is -2.63. The number of nitro benzene ring substituents is 1. The molecule has 1 saturated heterocycles. The van der Waals surface area contributed by atoms with E-state index in [9.17, 15) is 38.9 Å². The average molecular weight is 708 g/mol. The van der Waals surface area contributed by atoms with Gasteiger partial charge in [-0.1, -0.05) is 13.0 Å². The Labute approximate surface area is 285 Å². The van der Waals surface area contributed by atoms with Gasteiger partial charge in [-0.25, -0.2) is 9.59 Å². The van der Waals surface area contributed by atoms with Crippen LogP contribution in [0.1, 0.15) is 51.4 Å². The van der Waals surface area contributed by atoms with Crippen LogP contribution in [0.3, 0.4) is 0 Å². The number of nitrogens with zero attached hydrogens (tertiary/aromatic N) is 1. The number of methoxy groups -OCH3 is 1. The van der Waals surface area contributed by atoms with Gasteiger partial charge in [-0.2, -0.15) is 0 Å². The van der Waals surface area contributed by atoms with Crippen LogP contribution in [-0.4, -0.2) is 97.6 Å². The third-order valence-electron chi connectivity index (χ3n) is 8.36. The summed E-state index contributed by atoms with van der Waals surface area (Å²) in [6.45, 7) is 5.52. The first-order valence-corrected chi connectivity index (χ1v) is 15.5. The van der Waals surface area contributed by atoms with Gasteiger partial charge in [0.15, 0.2) is 18.3 Å². The predicted molar refractivity (Wildman–Crippen MR) is 161 cm³/mol. The van der Waals surface area contributed by atoms with Crippen molar-refractivity contribution >= 4 is 41.5 Å². The zero-order chi connectivity index (χ0) is 36.9. The predicted octanol–water partition coefficient (Wildman–Crippen LogP) is 1.91. The molecule has 18 heteroatoms. The quantitative estimate of drug-likeness (QED) is 0.138. The van der Waals surface area contributed by atoms with E-state index >= 15 is 0 Å². The van der Waals surface area contributed by atoms with Gasteiger partial charge in [-0.05, 0) is 12.5 Å². The van der Waals surface area contributed by atoms with E-state index in [0.717, 1.165) is 33.1 Å². The highest BCUT2D eigenvalue weighted by Crippen LogP contribution is 2.49.